The molecular formula is C37H41F3N4O5S. The van der Waals surface area contributed by atoms with Crippen LogP contribution in [0.1, 0.15) is 52.9 Å². The second kappa shape index (κ2) is 14.7. The summed E-state index contributed by atoms with van der Waals surface area (Å²) in [4.78, 5) is 23.9. The van der Waals surface area contributed by atoms with Crippen LogP contribution in [-0.4, -0.2) is 87.9 Å². The first kappa shape index (κ1) is 35.8. The summed E-state index contributed by atoms with van der Waals surface area (Å²) in [6.45, 7) is 6.58. The van der Waals surface area contributed by atoms with E-state index >= 15 is 0 Å². The number of piperidine rings is 1. The highest BCUT2D eigenvalue weighted by atomic mass is 32.2. The highest BCUT2D eigenvalue weighted by Gasteiger charge is 2.33. The van der Waals surface area contributed by atoms with Crippen molar-refractivity contribution >= 4 is 26.6 Å². The van der Waals surface area contributed by atoms with Crippen LogP contribution in [0, 0.1) is 0 Å². The van der Waals surface area contributed by atoms with Gasteiger partial charge in [0.15, 0.2) is 9.84 Å². The predicted octanol–water partition coefficient (Wildman–Crippen LogP) is 6.12. The number of alkyl halides is 3. The minimum absolute atomic E-state index is 0.0180. The third-order valence-electron chi connectivity index (χ3n) is 9.61. The van der Waals surface area contributed by atoms with Gasteiger partial charge in [-0.3, -0.25) is 14.6 Å². The van der Waals surface area contributed by atoms with Gasteiger partial charge in [0.2, 0.25) is 0 Å². The molecule has 0 saturated carbocycles. The summed E-state index contributed by atoms with van der Waals surface area (Å²) in [6, 6.07) is 17.0. The monoisotopic (exact) mass is 710 g/mol. The van der Waals surface area contributed by atoms with Gasteiger partial charge in [0.25, 0.3) is 5.91 Å². The van der Waals surface area contributed by atoms with Crippen molar-refractivity contribution < 1.29 is 35.9 Å². The van der Waals surface area contributed by atoms with Gasteiger partial charge >= 0.3 is 6.18 Å². The average molecular weight is 711 g/mol. The van der Waals surface area contributed by atoms with Gasteiger partial charge in [0.05, 0.1) is 48.7 Å². The minimum Gasteiger partial charge on any atom is -0.495 e. The number of halogens is 3. The van der Waals surface area contributed by atoms with E-state index in [1.54, 1.807) is 6.07 Å². The molecule has 2 aliphatic rings. The minimum atomic E-state index is -4.60. The molecule has 1 aromatic heterocycles. The molecule has 50 heavy (non-hydrogen) atoms. The lowest BCUT2D eigenvalue weighted by Crippen LogP contribution is -2.48. The maximum absolute atomic E-state index is 14.6. The fourth-order valence-electron chi connectivity index (χ4n) is 6.96. The summed E-state index contributed by atoms with van der Waals surface area (Å²) in [7, 11) is -2.49. The molecule has 2 fully saturated rings. The molecular weight excluding hydrogens is 669 g/mol. The van der Waals surface area contributed by atoms with Gasteiger partial charge in [0.1, 0.15) is 10.6 Å². The molecule has 4 aromatic rings. The quantitative estimate of drug-likeness (QED) is 0.222. The fraction of sp³-hybridized carbons (Fsp3) is 0.405. The summed E-state index contributed by atoms with van der Waals surface area (Å²) < 4.78 is 78.8. The molecule has 2 saturated heterocycles. The molecule has 266 valence electrons. The van der Waals surface area contributed by atoms with Crippen LogP contribution >= 0.6 is 0 Å². The van der Waals surface area contributed by atoms with Gasteiger partial charge in [-0.2, -0.15) is 13.2 Å². The zero-order chi connectivity index (χ0) is 35.6. The number of hydrogen-bond acceptors (Lipinski definition) is 8. The Bertz CT molecular complexity index is 1960. The Morgan fingerprint density at radius 3 is 2.36 bits per heavy atom. The van der Waals surface area contributed by atoms with Gasteiger partial charge in [-0.1, -0.05) is 42.5 Å². The highest BCUT2D eigenvalue weighted by Crippen LogP contribution is 2.39. The van der Waals surface area contributed by atoms with E-state index in [4.69, 9.17) is 14.5 Å². The normalized spacial score (nSPS) is 17.5. The Labute approximate surface area is 290 Å². The number of morpholine rings is 1. The summed E-state index contributed by atoms with van der Waals surface area (Å²) in [5, 5.41) is 3.33. The van der Waals surface area contributed by atoms with Crippen molar-refractivity contribution in [3.05, 3.63) is 89.0 Å². The number of sulfone groups is 1. The number of fused-ring (bicyclic) bond motifs is 1. The fourth-order valence-corrected chi connectivity index (χ4v) is 7.80. The lowest BCUT2D eigenvalue weighted by molar-refractivity contribution is -0.137. The number of methoxy groups -OCH3 is 1. The molecule has 1 atom stereocenters. The van der Waals surface area contributed by atoms with Crippen molar-refractivity contribution in [2.75, 3.05) is 52.8 Å². The van der Waals surface area contributed by atoms with Crippen molar-refractivity contribution in [1.82, 2.24) is 20.1 Å². The van der Waals surface area contributed by atoms with Crippen LogP contribution in [0.5, 0.6) is 5.75 Å². The predicted molar refractivity (Wildman–Crippen MR) is 185 cm³/mol. The number of amides is 1. The van der Waals surface area contributed by atoms with E-state index in [2.05, 4.69) is 15.1 Å². The summed E-state index contributed by atoms with van der Waals surface area (Å²) in [5.74, 6) is -0.478. The van der Waals surface area contributed by atoms with Crippen molar-refractivity contribution in [3.63, 3.8) is 0 Å². The van der Waals surface area contributed by atoms with E-state index in [-0.39, 0.29) is 44.9 Å². The molecule has 3 aromatic carbocycles. The highest BCUT2D eigenvalue weighted by molar-refractivity contribution is 7.90. The second-order valence-corrected chi connectivity index (χ2v) is 14.9. The van der Waals surface area contributed by atoms with Gasteiger partial charge in [0, 0.05) is 54.5 Å². The Kier molecular flexibility index (Phi) is 10.5. The third kappa shape index (κ3) is 7.80. The van der Waals surface area contributed by atoms with E-state index in [1.165, 1.54) is 25.3 Å². The van der Waals surface area contributed by atoms with Crippen LogP contribution < -0.4 is 10.1 Å². The molecule has 0 radical (unpaired) electrons. The van der Waals surface area contributed by atoms with Crippen LogP contribution in [0.25, 0.3) is 22.2 Å². The Morgan fingerprint density at radius 2 is 1.72 bits per heavy atom. The topological polar surface area (TPSA) is 101 Å². The third-order valence-corrected chi connectivity index (χ3v) is 10.7. The number of benzene rings is 3. The number of aromatic nitrogens is 1. The van der Waals surface area contributed by atoms with Crippen molar-refractivity contribution in [3.8, 4) is 17.0 Å². The number of nitrogens with zero attached hydrogens (tertiary/aromatic N) is 3. The van der Waals surface area contributed by atoms with Gasteiger partial charge < -0.3 is 14.8 Å². The van der Waals surface area contributed by atoms with E-state index in [1.807, 2.05) is 37.3 Å². The smallest absolute Gasteiger partial charge is 0.416 e. The molecule has 3 heterocycles. The van der Waals surface area contributed by atoms with Crippen LogP contribution in [-0.2, 0) is 27.3 Å². The van der Waals surface area contributed by atoms with Gasteiger partial charge in [-0.25, -0.2) is 13.4 Å². The number of carbonyl (C=O) groups is 1. The first-order valence-electron chi connectivity index (χ1n) is 16.7. The van der Waals surface area contributed by atoms with Crippen molar-refractivity contribution in [2.45, 2.75) is 49.5 Å². The van der Waals surface area contributed by atoms with E-state index in [0.29, 0.717) is 37.9 Å². The lowest BCUT2D eigenvalue weighted by atomic mass is 9.93. The molecule has 0 bridgehead atoms. The number of ether oxygens (including phenoxy) is 2. The molecule has 1 N–H and O–H groups in total. The van der Waals surface area contributed by atoms with E-state index < -0.39 is 33.5 Å². The largest absolute Gasteiger partial charge is 0.495 e. The number of rotatable bonds is 9. The SMILES string of the molecule is COc1cc2nc(-c3cccc(C(F)(F)F)c3)c(CN3CCC(N4CCOCC4)CC3)c(C(=O)NC(C)c3ccccc3)c2cc1S(C)(=O)=O. The Morgan fingerprint density at radius 1 is 1.02 bits per heavy atom. The molecule has 0 spiro atoms. The zero-order valence-corrected chi connectivity index (χ0v) is 29.1. The first-order valence-corrected chi connectivity index (χ1v) is 18.5. The number of pyridine rings is 1. The summed E-state index contributed by atoms with van der Waals surface area (Å²) in [5.41, 5.74) is 1.21. The van der Waals surface area contributed by atoms with Crippen LogP contribution in [0.4, 0.5) is 13.2 Å². The van der Waals surface area contributed by atoms with Gasteiger partial charge in [-0.15, -0.1) is 0 Å². The molecule has 9 nitrogen and oxygen atoms in total. The number of hydrogen-bond donors (Lipinski definition) is 1. The van der Waals surface area contributed by atoms with E-state index in [0.717, 1.165) is 49.9 Å². The molecule has 6 rings (SSSR count). The molecule has 13 heteroatoms. The molecule has 1 unspecified atom stereocenters. The van der Waals surface area contributed by atoms with Crippen molar-refractivity contribution in [1.29, 1.82) is 0 Å². The molecule has 0 aliphatic carbocycles. The lowest BCUT2D eigenvalue weighted by Gasteiger charge is -2.40. The standard InChI is InChI=1S/C37H41F3N4O5S/c1-24(25-8-5-4-6-9-25)41-36(45)34-29-21-33(50(3,46)47)32(48-2)22-31(29)42-35(26-10-7-11-27(20-26)37(38,39)40)30(34)23-43-14-12-28(13-15-43)44-16-18-49-19-17-44/h4-11,20-22,24,28H,12-19,23H2,1-3H3,(H,41,45). The second-order valence-electron chi connectivity index (χ2n) is 12.9. The molecule has 1 amide bonds. The van der Waals surface area contributed by atoms with Crippen LogP contribution in [0.3, 0.4) is 0 Å². The zero-order valence-electron chi connectivity index (χ0n) is 28.3. The van der Waals surface area contributed by atoms with Crippen LogP contribution in [0.2, 0.25) is 0 Å². The molecule has 2 aliphatic heterocycles. The van der Waals surface area contributed by atoms with E-state index in [9.17, 15) is 26.4 Å². The Balaban J connectivity index is 1.52. The summed E-state index contributed by atoms with van der Waals surface area (Å²) >= 11 is 0. The van der Waals surface area contributed by atoms with Crippen LogP contribution in [0.15, 0.2) is 71.6 Å². The van der Waals surface area contributed by atoms with Crippen molar-refractivity contribution in [2.24, 2.45) is 0 Å². The maximum atomic E-state index is 14.6. The summed E-state index contributed by atoms with van der Waals surface area (Å²) in [6.07, 6.45) is -1.80. The first-order chi connectivity index (χ1) is 23.8. The average Bonchev–Trinajstić information content (AvgIpc) is 3.11. The Hall–Kier alpha value is -4.04. The number of nitrogens with one attached hydrogen (secondary N) is 1. The number of carbonyl (C=O) groups excluding carboxylic acids is 1. The number of likely N-dealkylation sites (tertiary alicyclic amines) is 1. The maximum Gasteiger partial charge on any atom is 0.416 e. The van der Waals surface area contributed by atoms with Gasteiger partial charge in [-0.05, 0) is 56.6 Å².